The number of aryl methyl sites for hydroxylation is 1. The number of carbonyl (C=O) groups is 1. The van der Waals surface area contributed by atoms with E-state index in [-0.39, 0.29) is 11.3 Å². The molecule has 1 amide bonds. The lowest BCUT2D eigenvalue weighted by Crippen LogP contribution is -2.12. The standard InChI is InChI=1S/C21H25N3O/c1-21(2,3)16-12-10-15(11-13-16)20-23-17-7-4-5-8-18(17)24(20)14-6-9-19(22)25/h4-5,7-8,10-13H,6,9,14H2,1-3H3,(H2,22,25). The van der Waals surface area contributed by atoms with Crippen molar-refractivity contribution in [1.29, 1.82) is 0 Å². The Bertz CT molecular complexity index is 886. The molecular formula is C21H25N3O. The number of benzene rings is 2. The summed E-state index contributed by atoms with van der Waals surface area (Å²) in [5.74, 6) is 0.673. The van der Waals surface area contributed by atoms with Gasteiger partial charge in [-0.15, -0.1) is 0 Å². The number of amides is 1. The van der Waals surface area contributed by atoms with Crippen LogP contribution in [0.3, 0.4) is 0 Å². The molecule has 0 radical (unpaired) electrons. The van der Waals surface area contributed by atoms with Crippen molar-refractivity contribution in [3.63, 3.8) is 0 Å². The number of primary amides is 1. The number of rotatable bonds is 5. The van der Waals surface area contributed by atoms with Crippen LogP contribution in [0.2, 0.25) is 0 Å². The van der Waals surface area contributed by atoms with Crippen molar-refractivity contribution in [2.24, 2.45) is 5.73 Å². The van der Waals surface area contributed by atoms with Crippen LogP contribution in [-0.2, 0) is 16.8 Å². The molecule has 4 heteroatoms. The molecule has 0 aliphatic heterocycles. The molecule has 0 saturated heterocycles. The van der Waals surface area contributed by atoms with E-state index in [0.717, 1.165) is 29.0 Å². The zero-order valence-corrected chi connectivity index (χ0v) is 15.1. The molecule has 0 aliphatic rings. The Hall–Kier alpha value is -2.62. The van der Waals surface area contributed by atoms with Crippen LogP contribution >= 0.6 is 0 Å². The second kappa shape index (κ2) is 6.71. The van der Waals surface area contributed by atoms with E-state index in [1.54, 1.807) is 0 Å². The van der Waals surface area contributed by atoms with E-state index in [1.165, 1.54) is 5.56 Å². The highest BCUT2D eigenvalue weighted by Crippen LogP contribution is 2.28. The summed E-state index contributed by atoms with van der Waals surface area (Å²) in [7, 11) is 0. The molecule has 4 nitrogen and oxygen atoms in total. The van der Waals surface area contributed by atoms with Crippen molar-refractivity contribution >= 4 is 16.9 Å². The summed E-state index contributed by atoms with van der Waals surface area (Å²) in [6.45, 7) is 7.35. The third kappa shape index (κ3) is 3.73. The number of hydrogen-bond acceptors (Lipinski definition) is 2. The molecular weight excluding hydrogens is 310 g/mol. The third-order valence-electron chi connectivity index (χ3n) is 4.47. The molecule has 2 aromatic carbocycles. The molecule has 3 aromatic rings. The number of carbonyl (C=O) groups excluding carboxylic acids is 1. The molecule has 0 saturated carbocycles. The largest absolute Gasteiger partial charge is 0.370 e. The first kappa shape index (κ1) is 17.2. The topological polar surface area (TPSA) is 60.9 Å². The van der Waals surface area contributed by atoms with Crippen LogP contribution in [0.1, 0.15) is 39.2 Å². The molecule has 0 bridgehead atoms. The molecule has 0 unspecified atom stereocenters. The molecule has 1 aromatic heterocycles. The highest BCUT2D eigenvalue weighted by Gasteiger charge is 2.16. The van der Waals surface area contributed by atoms with E-state index in [0.29, 0.717) is 12.8 Å². The van der Waals surface area contributed by atoms with E-state index < -0.39 is 0 Å². The molecule has 3 rings (SSSR count). The first-order chi connectivity index (χ1) is 11.9. The fourth-order valence-electron chi connectivity index (χ4n) is 3.05. The Kier molecular flexibility index (Phi) is 4.62. The summed E-state index contributed by atoms with van der Waals surface area (Å²) in [6.07, 6.45) is 1.09. The maximum absolute atomic E-state index is 11.1. The van der Waals surface area contributed by atoms with E-state index in [2.05, 4.69) is 55.7 Å². The van der Waals surface area contributed by atoms with Gasteiger partial charge in [-0.05, 0) is 29.5 Å². The van der Waals surface area contributed by atoms with Crippen molar-refractivity contribution in [3.8, 4) is 11.4 Å². The van der Waals surface area contributed by atoms with Crippen LogP contribution in [0.25, 0.3) is 22.4 Å². The van der Waals surface area contributed by atoms with Crippen LogP contribution in [0, 0.1) is 0 Å². The molecule has 0 aliphatic carbocycles. The Morgan fingerprint density at radius 1 is 1.08 bits per heavy atom. The second-order valence-corrected chi connectivity index (χ2v) is 7.47. The second-order valence-electron chi connectivity index (χ2n) is 7.47. The van der Waals surface area contributed by atoms with Gasteiger partial charge in [-0.25, -0.2) is 4.98 Å². The SMILES string of the molecule is CC(C)(C)c1ccc(-c2nc3ccccc3n2CCCC(N)=O)cc1. The lowest BCUT2D eigenvalue weighted by Gasteiger charge is -2.19. The highest BCUT2D eigenvalue weighted by molar-refractivity contribution is 5.80. The summed E-state index contributed by atoms with van der Waals surface area (Å²) in [5.41, 5.74) is 9.85. The number of nitrogens with zero attached hydrogens (tertiary/aromatic N) is 2. The van der Waals surface area contributed by atoms with Crippen molar-refractivity contribution in [2.75, 3.05) is 0 Å². The Labute approximate surface area is 148 Å². The molecule has 0 atom stereocenters. The minimum absolute atomic E-state index is 0.125. The minimum atomic E-state index is -0.263. The summed E-state index contributed by atoms with van der Waals surface area (Å²) < 4.78 is 2.18. The van der Waals surface area contributed by atoms with Gasteiger partial charge in [-0.2, -0.15) is 0 Å². The van der Waals surface area contributed by atoms with Crippen molar-refractivity contribution < 1.29 is 4.79 Å². The third-order valence-corrected chi connectivity index (χ3v) is 4.47. The number of para-hydroxylation sites is 2. The molecule has 1 heterocycles. The monoisotopic (exact) mass is 335 g/mol. The van der Waals surface area contributed by atoms with Crippen LogP contribution in [-0.4, -0.2) is 15.5 Å². The van der Waals surface area contributed by atoms with Crippen LogP contribution < -0.4 is 5.73 Å². The predicted octanol–water partition coefficient (Wildman–Crippen LogP) is 4.27. The minimum Gasteiger partial charge on any atom is -0.370 e. The van der Waals surface area contributed by atoms with Gasteiger partial charge in [-0.3, -0.25) is 4.79 Å². The Balaban J connectivity index is 2.01. The van der Waals surface area contributed by atoms with E-state index >= 15 is 0 Å². The first-order valence-electron chi connectivity index (χ1n) is 8.71. The van der Waals surface area contributed by atoms with E-state index in [9.17, 15) is 4.79 Å². The zero-order valence-electron chi connectivity index (χ0n) is 15.1. The number of imidazole rings is 1. The molecule has 2 N–H and O–H groups in total. The van der Waals surface area contributed by atoms with E-state index in [1.807, 2.05) is 18.2 Å². The van der Waals surface area contributed by atoms with Gasteiger partial charge in [0.25, 0.3) is 0 Å². The number of fused-ring (bicyclic) bond motifs is 1. The highest BCUT2D eigenvalue weighted by atomic mass is 16.1. The fourth-order valence-corrected chi connectivity index (χ4v) is 3.05. The van der Waals surface area contributed by atoms with Gasteiger partial charge >= 0.3 is 0 Å². The summed E-state index contributed by atoms with van der Waals surface area (Å²) >= 11 is 0. The van der Waals surface area contributed by atoms with Crippen molar-refractivity contribution in [3.05, 3.63) is 54.1 Å². The predicted molar refractivity (Wildman–Crippen MR) is 102 cm³/mol. The molecule has 0 spiro atoms. The van der Waals surface area contributed by atoms with E-state index in [4.69, 9.17) is 10.7 Å². The maximum Gasteiger partial charge on any atom is 0.217 e. The van der Waals surface area contributed by atoms with Crippen molar-refractivity contribution in [2.45, 2.75) is 45.6 Å². The van der Waals surface area contributed by atoms with Gasteiger partial charge in [0.1, 0.15) is 5.82 Å². The number of nitrogens with two attached hydrogens (primary N) is 1. The van der Waals surface area contributed by atoms with Crippen molar-refractivity contribution in [1.82, 2.24) is 9.55 Å². The lowest BCUT2D eigenvalue weighted by atomic mass is 9.87. The summed E-state index contributed by atoms with van der Waals surface area (Å²) in [4.78, 5) is 15.9. The van der Waals surface area contributed by atoms with Gasteiger partial charge in [0.05, 0.1) is 11.0 Å². The first-order valence-corrected chi connectivity index (χ1v) is 8.71. The summed E-state index contributed by atoms with van der Waals surface area (Å²) in [6, 6.07) is 16.7. The smallest absolute Gasteiger partial charge is 0.217 e. The fraction of sp³-hybridized carbons (Fsp3) is 0.333. The van der Waals surface area contributed by atoms with Crippen LogP contribution in [0.4, 0.5) is 0 Å². The van der Waals surface area contributed by atoms with Gasteiger partial charge < -0.3 is 10.3 Å². The normalized spacial score (nSPS) is 11.8. The Morgan fingerprint density at radius 2 is 1.76 bits per heavy atom. The average Bonchev–Trinajstić information content (AvgIpc) is 2.93. The maximum atomic E-state index is 11.1. The molecule has 25 heavy (non-hydrogen) atoms. The Morgan fingerprint density at radius 3 is 2.40 bits per heavy atom. The number of hydrogen-bond donors (Lipinski definition) is 1. The molecule has 130 valence electrons. The quantitative estimate of drug-likeness (QED) is 0.757. The number of aromatic nitrogens is 2. The average molecular weight is 335 g/mol. The van der Waals surface area contributed by atoms with Gasteiger partial charge in [0, 0.05) is 18.5 Å². The lowest BCUT2D eigenvalue weighted by molar-refractivity contribution is -0.118. The van der Waals surface area contributed by atoms with Gasteiger partial charge in [0.15, 0.2) is 0 Å². The zero-order chi connectivity index (χ0) is 18.0. The summed E-state index contributed by atoms with van der Waals surface area (Å²) in [5, 5.41) is 0. The van der Waals surface area contributed by atoms with Gasteiger partial charge in [-0.1, -0.05) is 57.2 Å². The van der Waals surface area contributed by atoms with Gasteiger partial charge in [0.2, 0.25) is 5.91 Å². The van der Waals surface area contributed by atoms with Crippen LogP contribution in [0.5, 0.6) is 0 Å². The molecule has 0 fully saturated rings. The van der Waals surface area contributed by atoms with Crippen LogP contribution in [0.15, 0.2) is 48.5 Å².